The maximum atomic E-state index is 2.53. The zero-order valence-electron chi connectivity index (χ0n) is 48.0. The fraction of sp³-hybridized carbons (Fsp3) is 0.0886. The Morgan fingerprint density at radius 3 is 0.855 bits per heavy atom. The van der Waals surface area contributed by atoms with E-state index >= 15 is 0 Å². The van der Waals surface area contributed by atoms with Crippen LogP contribution in [0.5, 0.6) is 0 Å². The van der Waals surface area contributed by atoms with Crippen LogP contribution in [-0.4, -0.2) is 0 Å². The van der Waals surface area contributed by atoms with Gasteiger partial charge in [0.25, 0.3) is 0 Å². The molecule has 0 aliphatic carbocycles. The van der Waals surface area contributed by atoms with E-state index in [1.807, 2.05) is 0 Å². The fourth-order valence-electron chi connectivity index (χ4n) is 12.5. The van der Waals surface area contributed by atoms with Crippen molar-refractivity contribution in [2.45, 2.75) is 47.0 Å². The highest BCUT2D eigenvalue weighted by molar-refractivity contribution is 6.15. The minimum absolute atomic E-state index is 0.243. The van der Waals surface area contributed by atoms with Gasteiger partial charge in [0.05, 0.1) is 34.1 Å². The van der Waals surface area contributed by atoms with E-state index in [0.717, 1.165) is 106 Å². The summed E-state index contributed by atoms with van der Waals surface area (Å²) in [6, 6.07) is 107. The van der Waals surface area contributed by atoms with E-state index in [2.05, 4.69) is 352 Å². The Hall–Kier alpha value is -10.2. The van der Waals surface area contributed by atoms with Crippen LogP contribution in [0, 0.1) is 20.8 Å². The van der Waals surface area contributed by atoms with E-state index in [-0.39, 0.29) is 5.41 Å². The summed E-state index contributed by atoms with van der Waals surface area (Å²) >= 11 is 0. The van der Waals surface area contributed by atoms with Crippen molar-refractivity contribution < 1.29 is 0 Å². The Morgan fingerprint density at radius 1 is 0.241 bits per heavy atom. The minimum atomic E-state index is -0.243. The molecule has 0 spiro atoms. The number of hydrogen-bond donors (Lipinski definition) is 0. The quantitative estimate of drug-likeness (QED) is 0.114. The standard InChI is InChI=1S/C79H66N4/c1-55-49-56(2)78(57(3)50-55)58-51-70-71(76(52-58)82(64-37-21-11-22-38-64)74-47-27-41-66-68(74)43-25-45-72(66)80(60-29-13-7-14-30-60)61-31-15-8-16-32-61)53-59(79(4,5)6)54-77(70)83(65-39-23-12-24-40-65)75-48-28-42-67-69(75)44-26-46-73(67)81(62-33-17-9-18-34-62)63-35-19-10-20-36-63/h7-54H,1-6H3. The molecule has 4 nitrogen and oxygen atoms in total. The van der Waals surface area contributed by atoms with Crippen molar-refractivity contribution in [1.82, 2.24) is 0 Å². The lowest BCUT2D eigenvalue weighted by Gasteiger charge is -2.34. The van der Waals surface area contributed by atoms with Crippen LogP contribution >= 0.6 is 0 Å². The monoisotopic (exact) mass is 1070 g/mol. The van der Waals surface area contributed by atoms with Crippen LogP contribution in [0.4, 0.5) is 68.2 Å². The second-order valence-corrected chi connectivity index (χ2v) is 22.8. The molecule has 0 N–H and O–H groups in total. The van der Waals surface area contributed by atoms with Crippen molar-refractivity contribution in [3.05, 3.63) is 313 Å². The molecular formula is C79H66N4. The molecule has 0 atom stereocenters. The van der Waals surface area contributed by atoms with Crippen LogP contribution in [0.1, 0.15) is 43.0 Å². The summed E-state index contributed by atoms with van der Waals surface area (Å²) in [7, 11) is 0. The predicted molar refractivity (Wildman–Crippen MR) is 356 cm³/mol. The van der Waals surface area contributed by atoms with Crippen LogP contribution in [0.25, 0.3) is 43.4 Å². The van der Waals surface area contributed by atoms with Gasteiger partial charge in [-0.25, -0.2) is 0 Å². The molecule has 0 bridgehead atoms. The smallest absolute Gasteiger partial charge is 0.0547 e. The predicted octanol–water partition coefficient (Wildman–Crippen LogP) is 22.9. The van der Waals surface area contributed by atoms with Crippen molar-refractivity contribution in [2.75, 3.05) is 19.6 Å². The number of rotatable bonds is 13. The maximum absolute atomic E-state index is 2.53. The fourth-order valence-corrected chi connectivity index (χ4v) is 12.5. The average Bonchev–Trinajstić information content (AvgIpc) is 1.71. The first-order chi connectivity index (χ1) is 40.6. The summed E-state index contributed by atoms with van der Waals surface area (Å²) in [5, 5.41) is 6.84. The van der Waals surface area contributed by atoms with Gasteiger partial charge >= 0.3 is 0 Å². The third-order valence-corrected chi connectivity index (χ3v) is 16.1. The molecular weight excluding hydrogens is 1000 g/mol. The summed E-state index contributed by atoms with van der Waals surface area (Å²) in [5.74, 6) is 0. The van der Waals surface area contributed by atoms with Gasteiger partial charge in [-0.1, -0.05) is 196 Å². The molecule has 83 heavy (non-hydrogen) atoms. The molecule has 13 aromatic rings. The highest BCUT2D eigenvalue weighted by atomic mass is 15.2. The molecule has 13 aromatic carbocycles. The number of fused-ring (bicyclic) bond motifs is 3. The number of benzene rings is 13. The maximum Gasteiger partial charge on any atom is 0.0547 e. The first kappa shape index (κ1) is 52.2. The molecule has 0 aromatic heterocycles. The highest BCUT2D eigenvalue weighted by Crippen LogP contribution is 2.52. The van der Waals surface area contributed by atoms with Gasteiger partial charge in [-0.15, -0.1) is 0 Å². The number of anilines is 12. The van der Waals surface area contributed by atoms with Gasteiger partial charge in [0.1, 0.15) is 0 Å². The topological polar surface area (TPSA) is 13.0 Å². The van der Waals surface area contributed by atoms with Gasteiger partial charge in [0, 0.05) is 66.4 Å². The number of aryl methyl sites for hydroxylation is 3. The summed E-state index contributed by atoms with van der Waals surface area (Å²) in [6.07, 6.45) is 0. The van der Waals surface area contributed by atoms with Crippen molar-refractivity contribution >= 4 is 101 Å². The van der Waals surface area contributed by atoms with Gasteiger partial charge < -0.3 is 19.6 Å². The van der Waals surface area contributed by atoms with Crippen LogP contribution in [0.15, 0.2) is 291 Å². The molecule has 0 aliphatic heterocycles. The molecule has 0 fully saturated rings. The van der Waals surface area contributed by atoms with Gasteiger partial charge in [0.2, 0.25) is 0 Å². The van der Waals surface area contributed by atoms with E-state index < -0.39 is 0 Å². The van der Waals surface area contributed by atoms with Gasteiger partial charge in [-0.2, -0.15) is 0 Å². The van der Waals surface area contributed by atoms with Gasteiger partial charge in [-0.3, -0.25) is 0 Å². The molecule has 0 amide bonds. The molecule has 0 saturated carbocycles. The van der Waals surface area contributed by atoms with E-state index in [9.17, 15) is 0 Å². The van der Waals surface area contributed by atoms with Crippen LogP contribution in [0.2, 0.25) is 0 Å². The lowest BCUT2D eigenvalue weighted by atomic mass is 9.83. The van der Waals surface area contributed by atoms with Gasteiger partial charge in [-0.05, 0) is 175 Å². The third kappa shape index (κ3) is 9.93. The van der Waals surface area contributed by atoms with Crippen LogP contribution in [-0.2, 0) is 5.41 Å². The largest absolute Gasteiger partial charge is 0.310 e. The molecule has 0 radical (unpaired) electrons. The first-order valence-electron chi connectivity index (χ1n) is 28.8. The van der Waals surface area contributed by atoms with E-state index in [1.54, 1.807) is 0 Å². The second kappa shape index (κ2) is 22.1. The van der Waals surface area contributed by atoms with E-state index in [0.29, 0.717) is 0 Å². The Kier molecular flexibility index (Phi) is 13.9. The SMILES string of the molecule is Cc1cc(C)c(-c2cc(N(c3ccccc3)c3cccc4c(N(c5ccccc5)c5ccccc5)cccc34)c3cc(C(C)(C)C)cc(N(c4ccccc4)c4cccc5c(N(c6ccccc6)c6ccccc6)cccc45)c3c2)c(C)c1. The summed E-state index contributed by atoms with van der Waals surface area (Å²) in [6.45, 7) is 13.8. The van der Waals surface area contributed by atoms with Crippen LogP contribution in [0.3, 0.4) is 0 Å². The molecule has 0 heterocycles. The zero-order valence-corrected chi connectivity index (χ0v) is 48.0. The Bertz CT molecular complexity index is 4340. The van der Waals surface area contributed by atoms with Gasteiger partial charge in [0.15, 0.2) is 0 Å². The Balaban J connectivity index is 1.13. The average molecular weight is 1070 g/mol. The molecule has 4 heteroatoms. The summed E-state index contributed by atoms with van der Waals surface area (Å²) in [4.78, 5) is 9.82. The van der Waals surface area contributed by atoms with E-state index in [4.69, 9.17) is 0 Å². The third-order valence-electron chi connectivity index (χ3n) is 16.1. The molecule has 13 rings (SSSR count). The number of hydrogen-bond acceptors (Lipinski definition) is 4. The second-order valence-electron chi connectivity index (χ2n) is 22.8. The normalized spacial score (nSPS) is 11.5. The Labute approximate surface area is 489 Å². The molecule has 0 aliphatic rings. The number of nitrogens with zero attached hydrogens (tertiary/aromatic N) is 4. The lowest BCUT2D eigenvalue weighted by molar-refractivity contribution is 0.591. The summed E-state index contributed by atoms with van der Waals surface area (Å²) < 4.78 is 0. The van der Waals surface area contributed by atoms with Crippen molar-refractivity contribution in [3.8, 4) is 11.1 Å². The lowest BCUT2D eigenvalue weighted by Crippen LogP contribution is -2.17. The molecule has 402 valence electrons. The van der Waals surface area contributed by atoms with Crippen molar-refractivity contribution in [1.29, 1.82) is 0 Å². The zero-order chi connectivity index (χ0) is 56.6. The van der Waals surface area contributed by atoms with Crippen LogP contribution < -0.4 is 19.6 Å². The van der Waals surface area contributed by atoms with Crippen molar-refractivity contribution in [3.63, 3.8) is 0 Å². The molecule has 0 unspecified atom stereocenters. The Morgan fingerprint density at radius 2 is 0.530 bits per heavy atom. The summed E-state index contributed by atoms with van der Waals surface area (Å²) in [5.41, 5.74) is 20.2. The van der Waals surface area contributed by atoms with E-state index in [1.165, 1.54) is 27.8 Å². The first-order valence-corrected chi connectivity index (χ1v) is 28.8. The highest BCUT2D eigenvalue weighted by Gasteiger charge is 2.29. The van der Waals surface area contributed by atoms with Crippen molar-refractivity contribution in [2.24, 2.45) is 0 Å². The molecule has 0 saturated heterocycles. The number of para-hydroxylation sites is 6. The minimum Gasteiger partial charge on any atom is -0.310 e.